The standard InChI is InChI=1S/C16H20N4/c1-2-7-18-16(3-1)20-13-11-19(12-14-20)10-6-15-4-8-17-9-5-15/h1-5,7-9H,6,10-14H2. The van der Waals surface area contributed by atoms with E-state index in [-0.39, 0.29) is 0 Å². The van der Waals surface area contributed by atoms with Crippen LogP contribution in [0.25, 0.3) is 0 Å². The van der Waals surface area contributed by atoms with E-state index in [0.717, 1.165) is 45.0 Å². The van der Waals surface area contributed by atoms with Crippen LogP contribution in [0.4, 0.5) is 5.82 Å². The van der Waals surface area contributed by atoms with Crippen molar-refractivity contribution in [1.29, 1.82) is 0 Å². The minimum Gasteiger partial charge on any atom is -0.354 e. The molecule has 1 aliphatic rings. The Morgan fingerprint density at radius 2 is 1.70 bits per heavy atom. The lowest BCUT2D eigenvalue weighted by molar-refractivity contribution is 0.260. The normalized spacial score (nSPS) is 16.3. The molecular formula is C16H20N4. The third kappa shape index (κ3) is 3.33. The Morgan fingerprint density at radius 1 is 0.900 bits per heavy atom. The molecule has 4 nitrogen and oxygen atoms in total. The number of nitrogens with zero attached hydrogens (tertiary/aromatic N) is 4. The van der Waals surface area contributed by atoms with E-state index < -0.39 is 0 Å². The maximum atomic E-state index is 4.42. The van der Waals surface area contributed by atoms with E-state index in [1.165, 1.54) is 5.56 Å². The van der Waals surface area contributed by atoms with E-state index in [9.17, 15) is 0 Å². The highest BCUT2D eigenvalue weighted by atomic mass is 15.3. The molecule has 3 heterocycles. The van der Waals surface area contributed by atoms with Gasteiger partial charge in [0.25, 0.3) is 0 Å². The van der Waals surface area contributed by atoms with Crippen LogP contribution in [-0.4, -0.2) is 47.6 Å². The lowest BCUT2D eigenvalue weighted by atomic mass is 10.2. The van der Waals surface area contributed by atoms with Crippen molar-refractivity contribution in [3.63, 3.8) is 0 Å². The van der Waals surface area contributed by atoms with E-state index in [1.807, 2.05) is 24.7 Å². The summed E-state index contributed by atoms with van der Waals surface area (Å²) in [6.07, 6.45) is 6.71. The third-order valence-electron chi connectivity index (χ3n) is 3.81. The Labute approximate surface area is 120 Å². The van der Waals surface area contributed by atoms with Gasteiger partial charge in [-0.1, -0.05) is 6.07 Å². The predicted molar refractivity (Wildman–Crippen MR) is 80.8 cm³/mol. The molecule has 3 rings (SSSR count). The number of pyridine rings is 2. The number of hydrogen-bond donors (Lipinski definition) is 0. The van der Waals surface area contributed by atoms with Crippen LogP contribution in [0.15, 0.2) is 48.9 Å². The molecule has 104 valence electrons. The summed E-state index contributed by atoms with van der Waals surface area (Å²) in [6.45, 7) is 5.48. The van der Waals surface area contributed by atoms with E-state index in [4.69, 9.17) is 0 Å². The smallest absolute Gasteiger partial charge is 0.128 e. The van der Waals surface area contributed by atoms with Gasteiger partial charge in [0.15, 0.2) is 0 Å². The van der Waals surface area contributed by atoms with Crippen molar-refractivity contribution in [2.24, 2.45) is 0 Å². The first-order chi connectivity index (χ1) is 9.92. The SMILES string of the molecule is c1ccc(N2CCN(CCc3ccncc3)CC2)nc1. The van der Waals surface area contributed by atoms with Crippen LogP contribution < -0.4 is 4.90 Å². The molecule has 0 N–H and O–H groups in total. The Hall–Kier alpha value is -1.94. The molecule has 4 heteroatoms. The lowest BCUT2D eigenvalue weighted by Gasteiger charge is -2.35. The van der Waals surface area contributed by atoms with Gasteiger partial charge in [0.1, 0.15) is 5.82 Å². The van der Waals surface area contributed by atoms with Gasteiger partial charge >= 0.3 is 0 Å². The molecule has 0 bridgehead atoms. The lowest BCUT2D eigenvalue weighted by Crippen LogP contribution is -2.47. The van der Waals surface area contributed by atoms with Crippen LogP contribution in [0, 0.1) is 0 Å². The highest BCUT2D eigenvalue weighted by Gasteiger charge is 2.17. The van der Waals surface area contributed by atoms with Crippen LogP contribution in [-0.2, 0) is 6.42 Å². The van der Waals surface area contributed by atoms with Crippen molar-refractivity contribution in [2.45, 2.75) is 6.42 Å². The molecule has 0 aromatic carbocycles. The molecule has 2 aromatic rings. The van der Waals surface area contributed by atoms with E-state index >= 15 is 0 Å². The Kier molecular flexibility index (Phi) is 4.23. The average Bonchev–Trinajstić information content (AvgIpc) is 2.55. The van der Waals surface area contributed by atoms with Crippen molar-refractivity contribution in [1.82, 2.24) is 14.9 Å². The largest absolute Gasteiger partial charge is 0.354 e. The van der Waals surface area contributed by atoms with Crippen molar-refractivity contribution >= 4 is 5.82 Å². The molecule has 0 amide bonds. The minimum atomic E-state index is 1.06. The van der Waals surface area contributed by atoms with Crippen molar-refractivity contribution in [3.8, 4) is 0 Å². The summed E-state index contributed by atoms with van der Waals surface area (Å²) in [6, 6.07) is 10.3. The zero-order chi connectivity index (χ0) is 13.6. The van der Waals surface area contributed by atoms with Crippen molar-refractivity contribution in [2.75, 3.05) is 37.6 Å². The van der Waals surface area contributed by atoms with Crippen LogP contribution in [0.3, 0.4) is 0 Å². The van der Waals surface area contributed by atoms with Gasteiger partial charge in [-0.05, 0) is 36.2 Å². The Bertz CT molecular complexity index is 507. The first-order valence-corrected chi connectivity index (χ1v) is 7.19. The second-order valence-electron chi connectivity index (χ2n) is 5.12. The fraction of sp³-hybridized carbons (Fsp3) is 0.375. The second-order valence-corrected chi connectivity index (χ2v) is 5.12. The highest BCUT2D eigenvalue weighted by molar-refractivity contribution is 5.38. The molecule has 20 heavy (non-hydrogen) atoms. The molecule has 0 aliphatic carbocycles. The molecule has 1 aliphatic heterocycles. The summed E-state index contributed by atoms with van der Waals surface area (Å²) in [4.78, 5) is 13.4. The average molecular weight is 268 g/mol. The number of anilines is 1. The van der Waals surface area contributed by atoms with Crippen LogP contribution >= 0.6 is 0 Å². The van der Waals surface area contributed by atoms with Crippen LogP contribution in [0.1, 0.15) is 5.56 Å². The van der Waals surface area contributed by atoms with Gasteiger partial charge < -0.3 is 4.90 Å². The summed E-state index contributed by atoms with van der Waals surface area (Å²) >= 11 is 0. The number of hydrogen-bond acceptors (Lipinski definition) is 4. The van der Waals surface area contributed by atoms with Gasteiger partial charge in [0.05, 0.1) is 0 Å². The molecule has 2 aromatic heterocycles. The van der Waals surface area contributed by atoms with Crippen LogP contribution in [0.5, 0.6) is 0 Å². The molecule has 0 atom stereocenters. The Morgan fingerprint density at radius 3 is 2.40 bits per heavy atom. The monoisotopic (exact) mass is 268 g/mol. The topological polar surface area (TPSA) is 32.3 Å². The van der Waals surface area contributed by atoms with Gasteiger partial charge in [0.2, 0.25) is 0 Å². The van der Waals surface area contributed by atoms with Gasteiger partial charge in [0, 0.05) is 51.3 Å². The molecule has 0 radical (unpaired) electrons. The maximum Gasteiger partial charge on any atom is 0.128 e. The number of aromatic nitrogens is 2. The van der Waals surface area contributed by atoms with Gasteiger partial charge in [-0.2, -0.15) is 0 Å². The maximum absolute atomic E-state index is 4.42. The molecule has 0 spiro atoms. The van der Waals surface area contributed by atoms with E-state index in [0.29, 0.717) is 0 Å². The molecular weight excluding hydrogens is 248 g/mol. The zero-order valence-corrected chi connectivity index (χ0v) is 11.7. The summed E-state index contributed by atoms with van der Waals surface area (Å²) in [7, 11) is 0. The zero-order valence-electron chi connectivity index (χ0n) is 11.7. The van der Waals surface area contributed by atoms with E-state index in [1.54, 1.807) is 0 Å². The van der Waals surface area contributed by atoms with Crippen LogP contribution in [0.2, 0.25) is 0 Å². The minimum absolute atomic E-state index is 1.06. The highest BCUT2D eigenvalue weighted by Crippen LogP contribution is 2.12. The first-order valence-electron chi connectivity index (χ1n) is 7.19. The van der Waals surface area contributed by atoms with Crippen molar-refractivity contribution in [3.05, 3.63) is 54.5 Å². The van der Waals surface area contributed by atoms with Crippen molar-refractivity contribution < 1.29 is 0 Å². The van der Waals surface area contributed by atoms with Gasteiger partial charge in [-0.25, -0.2) is 4.98 Å². The fourth-order valence-corrected chi connectivity index (χ4v) is 2.58. The van der Waals surface area contributed by atoms with E-state index in [2.05, 4.69) is 44.0 Å². The fourth-order valence-electron chi connectivity index (χ4n) is 2.58. The summed E-state index contributed by atoms with van der Waals surface area (Å²) in [5, 5.41) is 0. The summed E-state index contributed by atoms with van der Waals surface area (Å²) in [5.41, 5.74) is 1.37. The molecule has 0 unspecified atom stereocenters. The Balaban J connectivity index is 1.47. The quantitative estimate of drug-likeness (QED) is 0.847. The summed E-state index contributed by atoms with van der Waals surface area (Å²) < 4.78 is 0. The second kappa shape index (κ2) is 6.48. The third-order valence-corrected chi connectivity index (χ3v) is 3.81. The molecule has 0 saturated carbocycles. The number of piperazine rings is 1. The first kappa shape index (κ1) is 13.1. The summed E-state index contributed by atoms with van der Waals surface area (Å²) in [5.74, 6) is 1.10. The predicted octanol–water partition coefficient (Wildman–Crippen LogP) is 1.84. The van der Waals surface area contributed by atoms with Gasteiger partial charge in [-0.15, -0.1) is 0 Å². The molecule has 1 fully saturated rings. The van der Waals surface area contributed by atoms with Gasteiger partial charge in [-0.3, -0.25) is 9.88 Å². The molecule has 1 saturated heterocycles. The number of rotatable bonds is 4.